The van der Waals surface area contributed by atoms with E-state index in [0.717, 1.165) is 24.7 Å². The molecule has 19 heavy (non-hydrogen) atoms. The van der Waals surface area contributed by atoms with E-state index in [0.29, 0.717) is 5.92 Å². The summed E-state index contributed by atoms with van der Waals surface area (Å²) in [6.45, 7) is 4.50. The fourth-order valence-corrected chi connectivity index (χ4v) is 3.41. The zero-order valence-electron chi connectivity index (χ0n) is 11.1. The average molecular weight is 254 g/mol. The summed E-state index contributed by atoms with van der Waals surface area (Å²) in [6.07, 6.45) is 5.14. The van der Waals surface area contributed by atoms with Gasteiger partial charge in [-0.1, -0.05) is 13.3 Å². The van der Waals surface area contributed by atoms with Gasteiger partial charge in [-0.3, -0.25) is 0 Å². The molecule has 0 aliphatic carbocycles. The summed E-state index contributed by atoms with van der Waals surface area (Å²) in [5.74, 6) is 1.34. The average Bonchev–Trinajstić information content (AvgIpc) is 3.15. The number of rotatable bonds is 2. The molecule has 0 aromatic carbocycles. The van der Waals surface area contributed by atoms with Crippen molar-refractivity contribution in [1.82, 2.24) is 19.7 Å². The molecule has 4 heterocycles. The summed E-state index contributed by atoms with van der Waals surface area (Å²) in [6, 6.07) is 6.56. The van der Waals surface area contributed by atoms with Crippen molar-refractivity contribution < 1.29 is 0 Å². The van der Waals surface area contributed by atoms with Gasteiger partial charge in [-0.25, -0.2) is 4.98 Å². The maximum absolute atomic E-state index is 4.46. The molecule has 1 aliphatic rings. The summed E-state index contributed by atoms with van der Waals surface area (Å²) in [5, 5.41) is 3.53. The van der Waals surface area contributed by atoms with Crippen LogP contribution in [0.1, 0.15) is 25.0 Å². The first-order valence-electron chi connectivity index (χ1n) is 7.02. The minimum Gasteiger partial charge on any atom is -0.345 e. The Hall–Kier alpha value is -1.81. The van der Waals surface area contributed by atoms with Crippen LogP contribution in [0.25, 0.3) is 16.7 Å². The molecule has 0 spiro atoms. The molecule has 0 saturated carbocycles. The topological polar surface area (TPSA) is 45.1 Å². The minimum atomic E-state index is 0.605. The second-order valence-electron chi connectivity index (χ2n) is 5.42. The summed E-state index contributed by atoms with van der Waals surface area (Å²) >= 11 is 0. The van der Waals surface area contributed by atoms with Crippen molar-refractivity contribution in [2.24, 2.45) is 5.92 Å². The van der Waals surface area contributed by atoms with Crippen molar-refractivity contribution in [2.45, 2.75) is 19.3 Å². The Morgan fingerprint density at radius 3 is 3.16 bits per heavy atom. The predicted molar refractivity (Wildman–Crippen MR) is 76.4 cm³/mol. The van der Waals surface area contributed by atoms with Gasteiger partial charge in [-0.2, -0.15) is 0 Å². The lowest BCUT2D eigenvalue weighted by atomic mass is 9.91. The number of H-pyrrole nitrogens is 1. The molecule has 1 fully saturated rings. The molecule has 0 unspecified atom stereocenters. The van der Waals surface area contributed by atoms with Crippen LogP contribution in [-0.2, 0) is 0 Å². The van der Waals surface area contributed by atoms with Crippen LogP contribution in [-0.4, -0.2) is 27.5 Å². The molecular weight excluding hydrogens is 236 g/mol. The predicted octanol–water partition coefficient (Wildman–Crippen LogP) is 2.53. The zero-order valence-corrected chi connectivity index (χ0v) is 11.1. The van der Waals surface area contributed by atoms with Crippen LogP contribution >= 0.6 is 0 Å². The molecular formula is C15H18N4. The SMILES string of the molecule is CC[C@@H]1CNC[C@@H]1c1ccc2cnc3[nH]ccc3n12. The highest BCUT2D eigenvalue weighted by Crippen LogP contribution is 2.32. The number of nitrogens with zero attached hydrogens (tertiary/aromatic N) is 2. The molecule has 0 bridgehead atoms. The highest BCUT2D eigenvalue weighted by atomic mass is 15.0. The van der Waals surface area contributed by atoms with Gasteiger partial charge in [0.15, 0.2) is 5.65 Å². The largest absolute Gasteiger partial charge is 0.345 e. The second-order valence-corrected chi connectivity index (χ2v) is 5.42. The van der Waals surface area contributed by atoms with Gasteiger partial charge in [0.05, 0.1) is 17.2 Å². The molecule has 2 N–H and O–H groups in total. The monoisotopic (exact) mass is 254 g/mol. The van der Waals surface area contributed by atoms with Crippen LogP contribution < -0.4 is 5.32 Å². The van der Waals surface area contributed by atoms with Crippen molar-refractivity contribution in [2.75, 3.05) is 13.1 Å². The molecule has 0 amide bonds. The van der Waals surface area contributed by atoms with E-state index < -0.39 is 0 Å². The van der Waals surface area contributed by atoms with Crippen molar-refractivity contribution in [3.05, 3.63) is 36.3 Å². The molecule has 4 rings (SSSR count). The molecule has 0 radical (unpaired) electrons. The first-order valence-corrected chi connectivity index (χ1v) is 7.02. The third-order valence-electron chi connectivity index (χ3n) is 4.46. The number of hydrogen-bond donors (Lipinski definition) is 2. The van der Waals surface area contributed by atoms with Gasteiger partial charge in [0.25, 0.3) is 0 Å². The molecule has 1 saturated heterocycles. The highest BCUT2D eigenvalue weighted by Gasteiger charge is 2.29. The normalized spacial score (nSPS) is 23.6. The first-order chi connectivity index (χ1) is 9.38. The molecule has 4 heteroatoms. The molecule has 1 aliphatic heterocycles. The Bertz CT molecular complexity index is 724. The fourth-order valence-electron chi connectivity index (χ4n) is 3.41. The number of hydrogen-bond acceptors (Lipinski definition) is 2. The van der Waals surface area contributed by atoms with Gasteiger partial charge in [-0.05, 0) is 30.7 Å². The Kier molecular flexibility index (Phi) is 2.38. The van der Waals surface area contributed by atoms with Gasteiger partial charge in [-0.15, -0.1) is 0 Å². The fraction of sp³-hybridized carbons (Fsp3) is 0.400. The third kappa shape index (κ3) is 1.53. The molecule has 2 atom stereocenters. The molecule has 3 aromatic heterocycles. The summed E-state index contributed by atoms with van der Waals surface area (Å²) in [5.41, 5.74) is 4.74. The van der Waals surface area contributed by atoms with Gasteiger partial charge in [0.2, 0.25) is 0 Å². The van der Waals surface area contributed by atoms with E-state index in [1.165, 1.54) is 23.1 Å². The smallest absolute Gasteiger partial charge is 0.154 e. The van der Waals surface area contributed by atoms with Gasteiger partial charge in [0.1, 0.15) is 0 Å². The van der Waals surface area contributed by atoms with Crippen LogP contribution in [0.5, 0.6) is 0 Å². The van der Waals surface area contributed by atoms with Crippen LogP contribution in [0.3, 0.4) is 0 Å². The Labute approximate surface area is 111 Å². The summed E-state index contributed by atoms with van der Waals surface area (Å²) < 4.78 is 2.36. The van der Waals surface area contributed by atoms with Gasteiger partial charge >= 0.3 is 0 Å². The van der Waals surface area contributed by atoms with E-state index in [1.54, 1.807) is 0 Å². The number of aromatic amines is 1. The molecule has 4 nitrogen and oxygen atoms in total. The third-order valence-corrected chi connectivity index (χ3v) is 4.46. The van der Waals surface area contributed by atoms with Crippen molar-refractivity contribution >= 4 is 16.7 Å². The van der Waals surface area contributed by atoms with E-state index >= 15 is 0 Å². The number of nitrogens with one attached hydrogen (secondary N) is 2. The second kappa shape index (κ2) is 4.10. The van der Waals surface area contributed by atoms with Gasteiger partial charge < -0.3 is 14.7 Å². The minimum absolute atomic E-state index is 0.605. The van der Waals surface area contributed by atoms with Crippen LogP contribution in [0, 0.1) is 5.92 Å². The van der Waals surface area contributed by atoms with E-state index in [-0.39, 0.29) is 0 Å². The van der Waals surface area contributed by atoms with Crippen molar-refractivity contribution in [3.63, 3.8) is 0 Å². The highest BCUT2D eigenvalue weighted by molar-refractivity contribution is 5.76. The molecule has 3 aromatic rings. The van der Waals surface area contributed by atoms with Crippen molar-refractivity contribution in [3.8, 4) is 0 Å². The van der Waals surface area contributed by atoms with Crippen LogP contribution in [0.4, 0.5) is 0 Å². The maximum Gasteiger partial charge on any atom is 0.154 e. The quantitative estimate of drug-likeness (QED) is 0.738. The number of fused-ring (bicyclic) bond motifs is 3. The Morgan fingerprint density at radius 2 is 2.26 bits per heavy atom. The standard InChI is InChI=1S/C15H18N4/c1-2-10-7-16-9-12(10)13-4-3-11-8-18-15-14(19(11)13)5-6-17-15/h3-6,8,10,12,16-17H,2,7,9H2,1H3/t10-,12+/m1/s1. The van der Waals surface area contributed by atoms with Crippen molar-refractivity contribution in [1.29, 1.82) is 0 Å². The number of aromatic nitrogens is 3. The lowest BCUT2D eigenvalue weighted by Crippen LogP contribution is -2.12. The lowest BCUT2D eigenvalue weighted by molar-refractivity contribution is 0.494. The van der Waals surface area contributed by atoms with E-state index in [9.17, 15) is 0 Å². The summed E-state index contributed by atoms with van der Waals surface area (Å²) in [4.78, 5) is 7.65. The maximum atomic E-state index is 4.46. The van der Waals surface area contributed by atoms with E-state index in [4.69, 9.17) is 0 Å². The summed E-state index contributed by atoms with van der Waals surface area (Å²) in [7, 11) is 0. The van der Waals surface area contributed by atoms with Gasteiger partial charge in [0, 0.05) is 24.4 Å². The zero-order chi connectivity index (χ0) is 12.8. The first kappa shape index (κ1) is 11.1. The Morgan fingerprint density at radius 1 is 1.32 bits per heavy atom. The van der Waals surface area contributed by atoms with Crippen LogP contribution in [0.15, 0.2) is 30.6 Å². The van der Waals surface area contributed by atoms with Crippen LogP contribution in [0.2, 0.25) is 0 Å². The Balaban J connectivity index is 1.96. The van der Waals surface area contributed by atoms with E-state index in [1.807, 2.05) is 12.4 Å². The molecule has 98 valence electrons. The lowest BCUT2D eigenvalue weighted by Gasteiger charge is -2.17. The van der Waals surface area contributed by atoms with E-state index in [2.05, 4.69) is 44.8 Å².